The Balaban J connectivity index is 2.78. The molecule has 4 atom stereocenters. The van der Waals surface area contributed by atoms with Gasteiger partial charge in [0.05, 0.1) is 12.6 Å². The number of hydrogen-bond donors (Lipinski definition) is 7. The molecule has 188 valence electrons. The van der Waals surface area contributed by atoms with Crippen molar-refractivity contribution in [1.29, 1.82) is 0 Å². The van der Waals surface area contributed by atoms with Crippen LogP contribution < -0.4 is 27.8 Å². The summed E-state index contributed by atoms with van der Waals surface area (Å²) in [7, 11) is 0. The molecule has 0 aromatic rings. The van der Waals surface area contributed by atoms with Gasteiger partial charge in [-0.05, 0) is 38.0 Å². The first-order valence-electron chi connectivity index (χ1n) is 11.0. The molecule has 1 rings (SSSR count). The number of hydrogen-bond acceptors (Lipinski definition) is 7. The van der Waals surface area contributed by atoms with E-state index < -0.39 is 54.5 Å². The van der Waals surface area contributed by atoms with Crippen molar-refractivity contribution in [3.05, 3.63) is 0 Å². The number of aliphatic imine (C=N–C) groups is 1. The Morgan fingerprint density at radius 1 is 1.12 bits per heavy atom. The van der Waals surface area contributed by atoms with Crippen molar-refractivity contribution in [2.45, 2.75) is 70.1 Å². The van der Waals surface area contributed by atoms with E-state index >= 15 is 0 Å². The van der Waals surface area contributed by atoms with Gasteiger partial charge in [-0.25, -0.2) is 4.79 Å². The van der Waals surface area contributed by atoms with Gasteiger partial charge in [0.25, 0.3) is 0 Å². The lowest BCUT2D eigenvalue weighted by atomic mass is 10.0. The first kappa shape index (κ1) is 28.1. The molecule has 0 spiro atoms. The van der Waals surface area contributed by atoms with Gasteiger partial charge >= 0.3 is 5.97 Å². The maximum Gasteiger partial charge on any atom is 0.326 e. The number of nitrogens with two attached hydrogens (primary N) is 3. The van der Waals surface area contributed by atoms with Crippen molar-refractivity contribution in [3.63, 3.8) is 0 Å². The topological polar surface area (TPSA) is 226 Å². The van der Waals surface area contributed by atoms with Gasteiger partial charge in [-0.15, -0.1) is 0 Å². The Kier molecular flexibility index (Phi) is 11.6. The lowest BCUT2D eigenvalue weighted by Gasteiger charge is -2.28. The smallest absolute Gasteiger partial charge is 0.326 e. The average Bonchev–Trinajstić information content (AvgIpc) is 3.23. The summed E-state index contributed by atoms with van der Waals surface area (Å²) in [4.78, 5) is 54.4. The van der Waals surface area contributed by atoms with E-state index in [-0.39, 0.29) is 24.8 Å². The van der Waals surface area contributed by atoms with Crippen LogP contribution in [0.4, 0.5) is 0 Å². The molecule has 0 aliphatic carbocycles. The van der Waals surface area contributed by atoms with E-state index in [4.69, 9.17) is 17.2 Å². The Bertz CT molecular complexity index is 726. The van der Waals surface area contributed by atoms with Crippen LogP contribution in [-0.4, -0.2) is 88.6 Å². The van der Waals surface area contributed by atoms with E-state index in [9.17, 15) is 29.4 Å². The summed E-state index contributed by atoms with van der Waals surface area (Å²) < 4.78 is 0. The predicted octanol–water partition coefficient (Wildman–Crippen LogP) is -2.55. The third-order valence-corrected chi connectivity index (χ3v) is 5.26. The number of guanidine groups is 1. The van der Waals surface area contributed by atoms with Gasteiger partial charge in [0, 0.05) is 13.1 Å². The normalized spacial score (nSPS) is 18.3. The molecule has 10 N–H and O–H groups in total. The van der Waals surface area contributed by atoms with Crippen molar-refractivity contribution in [2.75, 3.05) is 19.7 Å². The molecule has 1 fully saturated rings. The number of carbonyl (C=O) groups excluding carboxylic acids is 3. The van der Waals surface area contributed by atoms with Crippen molar-refractivity contribution < 1.29 is 29.4 Å². The fraction of sp³-hybridized carbons (Fsp3) is 0.750. The van der Waals surface area contributed by atoms with Crippen LogP contribution in [0.1, 0.15) is 46.0 Å². The lowest BCUT2D eigenvalue weighted by Crippen LogP contribution is -2.58. The molecule has 0 aromatic carbocycles. The molecular weight excluding hydrogens is 434 g/mol. The number of likely N-dealkylation sites (tertiary alicyclic amines) is 1. The maximum absolute atomic E-state index is 12.9. The van der Waals surface area contributed by atoms with Crippen LogP contribution in [-0.2, 0) is 19.2 Å². The second kappa shape index (κ2) is 13.6. The minimum Gasteiger partial charge on any atom is -0.480 e. The summed E-state index contributed by atoms with van der Waals surface area (Å²) >= 11 is 0. The third-order valence-electron chi connectivity index (χ3n) is 5.26. The molecule has 1 saturated heterocycles. The summed E-state index contributed by atoms with van der Waals surface area (Å²) in [5.74, 6) is -3.05. The van der Waals surface area contributed by atoms with Crippen LogP contribution in [0.25, 0.3) is 0 Å². The van der Waals surface area contributed by atoms with Gasteiger partial charge in [-0.2, -0.15) is 0 Å². The van der Waals surface area contributed by atoms with E-state index in [2.05, 4.69) is 15.6 Å². The number of aliphatic hydroxyl groups excluding tert-OH is 1. The number of nitrogens with one attached hydrogen (secondary N) is 2. The van der Waals surface area contributed by atoms with Crippen LogP contribution in [0, 0.1) is 5.92 Å². The fourth-order valence-corrected chi connectivity index (χ4v) is 3.58. The number of amides is 3. The first-order chi connectivity index (χ1) is 15.5. The molecule has 0 saturated carbocycles. The van der Waals surface area contributed by atoms with Gasteiger partial charge < -0.3 is 42.9 Å². The van der Waals surface area contributed by atoms with E-state index in [1.54, 1.807) is 0 Å². The SMILES string of the molecule is CC(C)CC(NC(=O)C(N)CCCN=C(N)N)C(=O)NC(CO)C(=O)N1CCCC1C(=O)O. The number of rotatable bonds is 13. The van der Waals surface area contributed by atoms with Gasteiger partial charge in [0.2, 0.25) is 17.7 Å². The number of nitrogens with zero attached hydrogens (tertiary/aromatic N) is 2. The van der Waals surface area contributed by atoms with E-state index in [1.165, 1.54) is 0 Å². The minimum atomic E-state index is -1.32. The van der Waals surface area contributed by atoms with Gasteiger partial charge in [-0.3, -0.25) is 19.4 Å². The van der Waals surface area contributed by atoms with Crippen molar-refractivity contribution >= 4 is 29.7 Å². The molecule has 3 amide bonds. The summed E-state index contributed by atoms with van der Waals surface area (Å²) in [6, 6.07) is -4.20. The number of carboxylic acids is 1. The quantitative estimate of drug-likeness (QED) is 0.0850. The van der Waals surface area contributed by atoms with Gasteiger partial charge in [0.15, 0.2) is 5.96 Å². The summed E-state index contributed by atoms with van der Waals surface area (Å²) in [6.07, 6.45) is 1.85. The highest BCUT2D eigenvalue weighted by molar-refractivity contribution is 5.94. The van der Waals surface area contributed by atoms with E-state index in [0.29, 0.717) is 32.2 Å². The van der Waals surface area contributed by atoms with E-state index in [0.717, 1.165) is 4.90 Å². The minimum absolute atomic E-state index is 0.0254. The zero-order chi connectivity index (χ0) is 25.1. The standard InChI is InChI=1S/C20H37N7O6/c1-11(2)9-13(25-16(29)12(21)5-3-7-24-20(22)23)17(30)26-14(10-28)18(31)27-8-4-6-15(27)19(32)33/h11-15,28H,3-10,21H2,1-2H3,(H,25,29)(H,26,30)(H,32,33)(H4,22,23,24). The summed E-state index contributed by atoms with van der Waals surface area (Å²) in [5, 5.41) is 24.0. The zero-order valence-electron chi connectivity index (χ0n) is 19.2. The van der Waals surface area contributed by atoms with Crippen molar-refractivity contribution in [3.8, 4) is 0 Å². The fourth-order valence-electron chi connectivity index (χ4n) is 3.58. The summed E-state index contributed by atoms with van der Waals surface area (Å²) in [5.41, 5.74) is 16.4. The molecular formula is C20H37N7O6. The second-order valence-corrected chi connectivity index (χ2v) is 8.52. The Hall–Kier alpha value is -2.93. The molecule has 1 heterocycles. The molecule has 1 aliphatic rings. The first-order valence-corrected chi connectivity index (χ1v) is 11.0. The molecule has 0 aromatic heterocycles. The number of aliphatic hydroxyl groups is 1. The molecule has 13 nitrogen and oxygen atoms in total. The molecule has 4 unspecified atom stereocenters. The van der Waals surface area contributed by atoms with Gasteiger partial charge in [-0.1, -0.05) is 13.8 Å². The van der Waals surface area contributed by atoms with Crippen molar-refractivity contribution in [2.24, 2.45) is 28.1 Å². The summed E-state index contributed by atoms with van der Waals surface area (Å²) in [6.45, 7) is 3.55. The monoisotopic (exact) mass is 471 g/mol. The Labute approximate surface area is 193 Å². The van der Waals surface area contributed by atoms with Crippen LogP contribution in [0.5, 0.6) is 0 Å². The Morgan fingerprint density at radius 3 is 2.30 bits per heavy atom. The van der Waals surface area contributed by atoms with Crippen LogP contribution in [0.15, 0.2) is 4.99 Å². The molecule has 1 aliphatic heterocycles. The van der Waals surface area contributed by atoms with Gasteiger partial charge in [0.1, 0.15) is 18.1 Å². The predicted molar refractivity (Wildman–Crippen MR) is 121 cm³/mol. The third kappa shape index (κ3) is 9.22. The van der Waals surface area contributed by atoms with Crippen LogP contribution in [0.2, 0.25) is 0 Å². The Morgan fingerprint density at radius 2 is 1.76 bits per heavy atom. The molecule has 33 heavy (non-hydrogen) atoms. The highest BCUT2D eigenvalue weighted by atomic mass is 16.4. The molecule has 13 heteroatoms. The van der Waals surface area contributed by atoms with Crippen LogP contribution >= 0.6 is 0 Å². The van der Waals surface area contributed by atoms with Crippen molar-refractivity contribution in [1.82, 2.24) is 15.5 Å². The lowest BCUT2D eigenvalue weighted by molar-refractivity contribution is -0.150. The number of aliphatic carboxylic acids is 1. The number of carboxylic acid groups (broad SMARTS) is 1. The largest absolute Gasteiger partial charge is 0.480 e. The maximum atomic E-state index is 12.9. The molecule has 0 bridgehead atoms. The highest BCUT2D eigenvalue weighted by Gasteiger charge is 2.38. The number of carbonyl (C=O) groups is 4. The zero-order valence-corrected chi connectivity index (χ0v) is 19.2. The van der Waals surface area contributed by atoms with Crippen LogP contribution in [0.3, 0.4) is 0 Å². The highest BCUT2D eigenvalue weighted by Crippen LogP contribution is 2.18. The average molecular weight is 472 g/mol. The second-order valence-electron chi connectivity index (χ2n) is 8.52. The van der Waals surface area contributed by atoms with E-state index in [1.807, 2.05) is 13.8 Å². The molecule has 0 radical (unpaired) electrons.